The van der Waals surface area contributed by atoms with E-state index in [1.807, 2.05) is 44.2 Å². The standard InChI is InChI=1S/C20H17N5O3S.C20H6.H3N5O3S.5H2/c1-11-17(12(2)28-23-11)16-8-15-18-21-10-22-25(18)20(26)24(19(15)29-16)9-13-4-6-14(27-3)7-5-13;1-3-5-7-9-11-13-15-17-19-20-18-16-14-12-10-8-6-4-2;1-2-3-4-5(7-6)8-9;;;;;/h4-8,10H,9H2,1-3H3;1-2H3;1,6,9H;5*1H/b;;2-1?,4-3+;;;;;. The number of thiol groups is 1. The molecule has 18 heteroatoms. The number of fused-ring (bicyclic) bond motifs is 3. The molecule has 0 atom stereocenters. The SMILES string of the molecule is CC#CC#CC#CC#CC#CC#CC#CC#CC#CC.COc1ccc(Cn2c(=O)n3ncnc3c3cc(-c4c(C)noc4C)sc32)cc1.N=N/N=N/N(OO)OS.[HH].[HH].[HH].[HH].[HH]. The molecule has 0 radical (unpaired) electrons. The number of aryl methyl sites for hydroxylation is 2. The van der Waals surface area contributed by atoms with Crippen LogP contribution in [-0.4, -0.2) is 42.0 Å². The van der Waals surface area contributed by atoms with E-state index in [0.717, 1.165) is 43.4 Å². The largest absolute Gasteiger partial charge is 0.497 e. The molecule has 0 fully saturated rings. The molecule has 0 aliphatic heterocycles. The molecule has 4 aromatic heterocycles. The van der Waals surface area contributed by atoms with E-state index in [4.69, 9.17) is 20.0 Å². The molecule has 5 aromatic rings. The Morgan fingerprint density at radius 3 is 1.93 bits per heavy atom. The fraction of sp³-hybridized carbons (Fsp3) is 0.150. The lowest BCUT2D eigenvalue weighted by Gasteiger charge is -2.09. The Labute approximate surface area is 349 Å². The molecule has 0 saturated heterocycles. The summed E-state index contributed by atoms with van der Waals surface area (Å²) in [5.41, 5.74) is 9.14. The molecule has 0 aliphatic carbocycles. The first-order chi connectivity index (χ1) is 28.3. The quantitative estimate of drug-likeness (QED) is 0.0389. The number of methoxy groups -OCH3 is 1. The highest BCUT2D eigenvalue weighted by atomic mass is 32.1. The second-order valence-electron chi connectivity index (χ2n) is 9.92. The Morgan fingerprint density at radius 1 is 0.931 bits per heavy atom. The van der Waals surface area contributed by atoms with Crippen molar-refractivity contribution in [3.8, 4) is 123 Å². The number of nitrogens with zero attached hydrogens (tertiary/aromatic N) is 9. The molecule has 0 amide bonds. The monoisotopic (exact) mass is 816 g/mol. The van der Waals surface area contributed by atoms with E-state index in [2.05, 4.69) is 160 Å². The van der Waals surface area contributed by atoms with E-state index in [0.29, 0.717) is 12.2 Å². The van der Waals surface area contributed by atoms with Crippen molar-refractivity contribution in [3.63, 3.8) is 0 Å². The van der Waals surface area contributed by atoms with Gasteiger partial charge in [0.1, 0.15) is 22.7 Å². The Morgan fingerprint density at radius 2 is 1.48 bits per heavy atom. The molecule has 58 heavy (non-hydrogen) atoms. The van der Waals surface area contributed by atoms with Gasteiger partial charge < -0.3 is 9.26 Å². The van der Waals surface area contributed by atoms with Crippen LogP contribution in [0.25, 0.3) is 26.3 Å². The molecular weight excluding hydrogens is 781 g/mol. The molecule has 4 heterocycles. The summed E-state index contributed by atoms with van der Waals surface area (Å²) in [6, 6.07) is 9.70. The van der Waals surface area contributed by atoms with Crippen molar-refractivity contribution >= 4 is 40.1 Å². The summed E-state index contributed by atoms with van der Waals surface area (Å²) >= 11 is 4.68. The minimum absolute atomic E-state index is 0. The van der Waals surface area contributed by atoms with Crippen LogP contribution in [0.3, 0.4) is 0 Å². The molecule has 1 aromatic carbocycles. The van der Waals surface area contributed by atoms with Gasteiger partial charge in [-0.05, 0) is 157 Å². The summed E-state index contributed by atoms with van der Waals surface area (Å²) in [6.07, 6.45) is 1.40. The zero-order valence-corrected chi connectivity index (χ0v) is 32.8. The fourth-order valence-corrected chi connectivity index (χ4v) is 5.54. The third kappa shape index (κ3) is 13.6. The van der Waals surface area contributed by atoms with Gasteiger partial charge >= 0.3 is 5.69 Å². The molecular formula is C40H36N10O6S2. The van der Waals surface area contributed by atoms with Crippen LogP contribution in [0.15, 0.2) is 61.6 Å². The fourth-order valence-electron chi connectivity index (χ4n) is 4.18. The molecule has 0 unspecified atom stereocenters. The van der Waals surface area contributed by atoms with Crippen LogP contribution in [0.4, 0.5) is 0 Å². The summed E-state index contributed by atoms with van der Waals surface area (Å²) in [4.78, 5) is 22.6. The number of nitrogens with one attached hydrogen (secondary N) is 1. The van der Waals surface area contributed by atoms with Gasteiger partial charge in [-0.25, -0.2) is 15.0 Å². The van der Waals surface area contributed by atoms with Crippen molar-refractivity contribution in [2.24, 2.45) is 15.7 Å². The van der Waals surface area contributed by atoms with Crippen LogP contribution >= 0.6 is 24.2 Å². The smallest absolute Gasteiger partial charge is 0.352 e. The molecule has 0 saturated carbocycles. The zero-order valence-electron chi connectivity index (χ0n) is 31.0. The van der Waals surface area contributed by atoms with Crippen molar-refractivity contribution in [3.05, 3.63) is 64.2 Å². The first kappa shape index (κ1) is 44.2. The molecule has 16 nitrogen and oxygen atoms in total. The van der Waals surface area contributed by atoms with Crippen molar-refractivity contribution in [1.29, 1.82) is 5.53 Å². The van der Waals surface area contributed by atoms with Crippen molar-refractivity contribution < 1.29 is 30.9 Å². The van der Waals surface area contributed by atoms with Crippen LogP contribution in [0.5, 0.6) is 5.75 Å². The summed E-state index contributed by atoms with van der Waals surface area (Å²) < 4.78 is 17.5. The summed E-state index contributed by atoms with van der Waals surface area (Å²) in [5, 5.41) is 24.9. The molecule has 5 rings (SSSR count). The third-order valence-corrected chi connectivity index (χ3v) is 7.74. The van der Waals surface area contributed by atoms with E-state index < -0.39 is 0 Å². The summed E-state index contributed by atoms with van der Waals surface area (Å²) in [6.45, 7) is 7.62. The van der Waals surface area contributed by atoms with Gasteiger partial charge in [0.05, 0.1) is 30.3 Å². The van der Waals surface area contributed by atoms with Gasteiger partial charge in [-0.1, -0.05) is 34.1 Å². The van der Waals surface area contributed by atoms with E-state index in [1.165, 1.54) is 22.2 Å². The normalized spacial score (nSPS) is 8.67. The number of hydrogen-bond acceptors (Lipinski definition) is 13. The Hall–Kier alpha value is -8.19. The van der Waals surface area contributed by atoms with Gasteiger partial charge in [-0.2, -0.15) is 19.4 Å². The van der Waals surface area contributed by atoms with Gasteiger partial charge in [-0.3, -0.25) is 4.57 Å². The average molecular weight is 817 g/mol. The molecule has 294 valence electrons. The third-order valence-electron chi connectivity index (χ3n) is 6.42. The van der Waals surface area contributed by atoms with Crippen LogP contribution in [0.2, 0.25) is 0 Å². The first-order valence-electron chi connectivity index (χ1n) is 15.8. The van der Waals surface area contributed by atoms with Crippen molar-refractivity contribution in [2.45, 2.75) is 34.2 Å². The highest BCUT2D eigenvalue weighted by Gasteiger charge is 2.20. The van der Waals surface area contributed by atoms with Gasteiger partial charge in [-0.15, -0.1) is 11.3 Å². The van der Waals surface area contributed by atoms with E-state index in [1.54, 1.807) is 25.5 Å². The lowest BCUT2D eigenvalue weighted by atomic mass is 10.1. The lowest BCUT2D eigenvalue weighted by Crippen LogP contribution is -2.27. The summed E-state index contributed by atoms with van der Waals surface area (Å²) in [7, 11) is 1.63. The number of ether oxygens (including phenoxy) is 1. The van der Waals surface area contributed by atoms with Crippen LogP contribution < -0.4 is 10.4 Å². The van der Waals surface area contributed by atoms with Crippen LogP contribution in [-0.2, 0) is 15.8 Å². The minimum Gasteiger partial charge on any atom is -0.497 e. The van der Waals surface area contributed by atoms with Gasteiger partial charge in [0.25, 0.3) is 0 Å². The van der Waals surface area contributed by atoms with Gasteiger partial charge in [0.15, 0.2) is 5.65 Å². The number of rotatable bonds is 8. The average Bonchev–Trinajstić information content (AvgIpc) is 3.99. The topological polar surface area (TPSA) is 190 Å². The Balaban J connectivity index is -0.000000936. The van der Waals surface area contributed by atoms with Crippen LogP contribution in [0.1, 0.15) is 38.0 Å². The highest BCUT2D eigenvalue weighted by molar-refractivity contribution is 7.75. The molecule has 2 N–H and O–H groups in total. The van der Waals surface area contributed by atoms with Gasteiger partial charge in [0.2, 0.25) is 0 Å². The maximum Gasteiger partial charge on any atom is 0.352 e. The second kappa shape index (κ2) is 25.0. The van der Waals surface area contributed by atoms with E-state index in [9.17, 15) is 4.79 Å². The lowest BCUT2D eigenvalue weighted by molar-refractivity contribution is -0.478. The van der Waals surface area contributed by atoms with E-state index in [-0.39, 0.29) is 18.2 Å². The van der Waals surface area contributed by atoms with Crippen molar-refractivity contribution in [1.82, 2.24) is 29.7 Å². The maximum absolute atomic E-state index is 13.1. The number of thiophene rings is 1. The van der Waals surface area contributed by atoms with Crippen LogP contribution in [0, 0.1) is 126 Å². The maximum atomic E-state index is 13.1. The number of aromatic nitrogens is 5. The van der Waals surface area contributed by atoms with Crippen molar-refractivity contribution in [2.75, 3.05) is 7.11 Å². The zero-order chi connectivity index (χ0) is 42.0. The van der Waals surface area contributed by atoms with Gasteiger partial charge in [0, 0.05) is 35.5 Å². The molecule has 0 spiro atoms. The summed E-state index contributed by atoms with van der Waals surface area (Å²) in [5.74, 6) is 47.1. The number of hydrogen-bond donors (Lipinski definition) is 3. The Bertz CT molecular complexity index is 2870. The molecule has 0 bridgehead atoms. The Kier molecular flexibility index (Phi) is 19.1. The minimum atomic E-state index is -0.229. The number of benzene rings is 1. The highest BCUT2D eigenvalue weighted by Crippen LogP contribution is 2.37. The predicted octanol–water partition coefficient (Wildman–Crippen LogP) is 6.50. The first-order valence-corrected chi connectivity index (χ1v) is 17.0. The molecule has 0 aliphatic rings. The second-order valence-corrected chi connectivity index (χ2v) is 11.1. The predicted molar refractivity (Wildman–Crippen MR) is 227 cm³/mol. The van der Waals surface area contributed by atoms with E-state index >= 15 is 0 Å².